The zero-order chi connectivity index (χ0) is 14.1. The van der Waals surface area contributed by atoms with Crippen molar-refractivity contribution in [2.45, 2.75) is 57.5 Å². The lowest BCUT2D eigenvalue weighted by Gasteiger charge is -2.23. The number of carbonyl (C=O) groups excluding carboxylic acids is 1. The van der Waals surface area contributed by atoms with E-state index in [0.717, 1.165) is 12.8 Å². The van der Waals surface area contributed by atoms with Gasteiger partial charge in [-0.25, -0.2) is 0 Å². The Kier molecular flexibility index (Phi) is 6.74. The molecule has 3 nitrogen and oxygen atoms in total. The Balaban J connectivity index is 2.37. The fourth-order valence-electron chi connectivity index (χ4n) is 2.17. The maximum atomic E-state index is 12.2. The number of carbonyl (C=O) groups is 1. The highest BCUT2D eigenvalue weighted by atomic mass is 16.1. The smallest absolute Gasteiger partial charge is 0.196 e. The van der Waals surface area contributed by atoms with Gasteiger partial charge in [-0.1, -0.05) is 69.4 Å². The highest BCUT2D eigenvalue weighted by molar-refractivity contribution is 6.02. The van der Waals surface area contributed by atoms with Gasteiger partial charge in [-0.3, -0.25) is 4.79 Å². The number of ketones is 1. The molecule has 0 heterocycles. The molecule has 4 N–H and O–H groups in total. The number of rotatable bonds is 9. The van der Waals surface area contributed by atoms with Gasteiger partial charge >= 0.3 is 0 Å². The van der Waals surface area contributed by atoms with E-state index < -0.39 is 5.66 Å². The van der Waals surface area contributed by atoms with Crippen molar-refractivity contribution in [2.75, 3.05) is 0 Å². The van der Waals surface area contributed by atoms with Crippen molar-refractivity contribution in [2.24, 2.45) is 11.5 Å². The van der Waals surface area contributed by atoms with Crippen molar-refractivity contribution in [1.29, 1.82) is 0 Å². The molecule has 0 aliphatic rings. The third-order valence-corrected chi connectivity index (χ3v) is 3.40. The molecule has 0 spiro atoms. The van der Waals surface area contributed by atoms with Crippen LogP contribution < -0.4 is 11.5 Å². The first kappa shape index (κ1) is 15.9. The van der Waals surface area contributed by atoms with Crippen LogP contribution in [0, 0.1) is 0 Å². The van der Waals surface area contributed by atoms with Gasteiger partial charge in [-0.15, -0.1) is 0 Å². The van der Waals surface area contributed by atoms with E-state index in [1.807, 2.05) is 18.2 Å². The summed E-state index contributed by atoms with van der Waals surface area (Å²) in [6.07, 6.45) is 7.53. The van der Waals surface area contributed by atoms with Crippen molar-refractivity contribution < 1.29 is 4.79 Å². The van der Waals surface area contributed by atoms with Gasteiger partial charge in [-0.05, 0) is 12.8 Å². The third-order valence-electron chi connectivity index (χ3n) is 3.40. The van der Waals surface area contributed by atoms with Crippen molar-refractivity contribution in [3.63, 3.8) is 0 Å². The van der Waals surface area contributed by atoms with Crippen LogP contribution in [0.3, 0.4) is 0 Å². The Morgan fingerprint density at radius 3 is 2.21 bits per heavy atom. The first-order valence-electron chi connectivity index (χ1n) is 7.25. The first-order valence-corrected chi connectivity index (χ1v) is 7.25. The lowest BCUT2D eigenvalue weighted by molar-refractivity contribution is 0.0881. The van der Waals surface area contributed by atoms with Crippen LogP contribution in [-0.2, 0) is 0 Å². The Morgan fingerprint density at radius 1 is 1.00 bits per heavy atom. The van der Waals surface area contributed by atoms with Crippen LogP contribution in [0.1, 0.15) is 62.2 Å². The van der Waals surface area contributed by atoms with Crippen LogP contribution in [0.15, 0.2) is 30.3 Å². The Bertz CT molecular complexity index is 374. The van der Waals surface area contributed by atoms with Crippen LogP contribution in [0.4, 0.5) is 0 Å². The number of Topliss-reactive ketones (excluding diaryl/α,β-unsaturated/α-hetero) is 1. The summed E-state index contributed by atoms with van der Waals surface area (Å²) in [7, 11) is 0. The van der Waals surface area contributed by atoms with Gasteiger partial charge in [0.05, 0.1) is 0 Å². The molecule has 106 valence electrons. The average Bonchev–Trinajstić information content (AvgIpc) is 2.43. The summed E-state index contributed by atoms with van der Waals surface area (Å²) in [6, 6.07) is 9.05. The van der Waals surface area contributed by atoms with Gasteiger partial charge in [0.15, 0.2) is 5.78 Å². The first-order chi connectivity index (χ1) is 9.08. The maximum Gasteiger partial charge on any atom is 0.196 e. The molecule has 0 aliphatic carbocycles. The number of benzene rings is 1. The summed E-state index contributed by atoms with van der Waals surface area (Å²) in [5.41, 5.74) is 11.3. The lowest BCUT2D eigenvalue weighted by Crippen LogP contribution is -2.56. The van der Waals surface area contributed by atoms with Gasteiger partial charge < -0.3 is 11.5 Å². The highest BCUT2D eigenvalue weighted by Gasteiger charge is 2.29. The molecular weight excluding hydrogens is 236 g/mol. The topological polar surface area (TPSA) is 69.1 Å². The standard InChI is InChI=1S/C16H26N2O/c1-2-3-4-5-6-10-13-16(17,18)15(19)14-11-8-7-9-12-14/h7-9,11-12H,2-6,10,13,17-18H2,1H3. The third kappa shape index (κ3) is 5.53. The van der Waals surface area contributed by atoms with E-state index in [4.69, 9.17) is 11.5 Å². The van der Waals surface area contributed by atoms with Crippen LogP contribution in [-0.4, -0.2) is 11.4 Å². The fourth-order valence-corrected chi connectivity index (χ4v) is 2.17. The molecule has 0 aliphatic heterocycles. The molecule has 1 aromatic carbocycles. The van der Waals surface area contributed by atoms with Gasteiger partial charge in [-0.2, -0.15) is 0 Å². The summed E-state index contributed by atoms with van der Waals surface area (Å²) >= 11 is 0. The zero-order valence-electron chi connectivity index (χ0n) is 11.9. The lowest BCUT2D eigenvalue weighted by atomic mass is 9.93. The molecule has 0 saturated heterocycles. The molecular formula is C16H26N2O. The van der Waals surface area contributed by atoms with Crippen LogP contribution >= 0.6 is 0 Å². The predicted octanol–water partition coefficient (Wildman–Crippen LogP) is 3.23. The molecule has 0 amide bonds. The normalized spacial score (nSPS) is 11.5. The van der Waals surface area contributed by atoms with Gasteiger partial charge in [0.25, 0.3) is 0 Å². The van der Waals surface area contributed by atoms with Crippen molar-refractivity contribution in [3.05, 3.63) is 35.9 Å². The van der Waals surface area contributed by atoms with E-state index in [1.54, 1.807) is 12.1 Å². The molecule has 1 aromatic rings. The second-order valence-corrected chi connectivity index (χ2v) is 5.25. The Hall–Kier alpha value is -1.19. The molecule has 0 aromatic heterocycles. The highest BCUT2D eigenvalue weighted by Crippen LogP contribution is 2.15. The number of hydrogen-bond donors (Lipinski definition) is 2. The quantitative estimate of drug-likeness (QED) is 0.408. The summed E-state index contributed by atoms with van der Waals surface area (Å²) < 4.78 is 0. The van der Waals surface area contributed by atoms with E-state index in [0.29, 0.717) is 12.0 Å². The molecule has 19 heavy (non-hydrogen) atoms. The Morgan fingerprint density at radius 2 is 1.58 bits per heavy atom. The summed E-state index contributed by atoms with van der Waals surface area (Å²) in [6.45, 7) is 2.20. The second kappa shape index (κ2) is 8.08. The molecule has 1 rings (SSSR count). The minimum Gasteiger partial charge on any atom is -0.307 e. The van der Waals surface area contributed by atoms with Crippen molar-refractivity contribution >= 4 is 5.78 Å². The second-order valence-electron chi connectivity index (χ2n) is 5.25. The minimum absolute atomic E-state index is 0.165. The molecule has 0 bridgehead atoms. The summed E-state index contributed by atoms with van der Waals surface area (Å²) in [4.78, 5) is 12.2. The van der Waals surface area contributed by atoms with Gasteiger partial charge in [0.1, 0.15) is 5.66 Å². The van der Waals surface area contributed by atoms with Crippen LogP contribution in [0.5, 0.6) is 0 Å². The molecule has 0 unspecified atom stereocenters. The van der Waals surface area contributed by atoms with Gasteiger partial charge in [0, 0.05) is 5.56 Å². The number of unbranched alkanes of at least 4 members (excludes halogenated alkanes) is 5. The predicted molar refractivity (Wildman–Crippen MR) is 79.9 cm³/mol. The number of hydrogen-bond acceptors (Lipinski definition) is 3. The monoisotopic (exact) mass is 262 g/mol. The fraction of sp³-hybridized carbons (Fsp3) is 0.562. The van der Waals surface area contributed by atoms with Crippen molar-refractivity contribution in [1.82, 2.24) is 0 Å². The molecule has 0 fully saturated rings. The van der Waals surface area contributed by atoms with Crippen LogP contribution in [0.2, 0.25) is 0 Å². The molecule has 0 saturated carbocycles. The van der Waals surface area contributed by atoms with E-state index in [1.165, 1.54) is 25.7 Å². The zero-order valence-corrected chi connectivity index (χ0v) is 11.9. The average molecular weight is 262 g/mol. The van der Waals surface area contributed by atoms with E-state index >= 15 is 0 Å². The van der Waals surface area contributed by atoms with E-state index in [-0.39, 0.29) is 5.78 Å². The molecule has 0 radical (unpaired) electrons. The summed E-state index contributed by atoms with van der Waals surface area (Å²) in [5, 5.41) is 0. The van der Waals surface area contributed by atoms with E-state index in [9.17, 15) is 4.79 Å². The maximum absolute atomic E-state index is 12.2. The SMILES string of the molecule is CCCCCCCCC(N)(N)C(=O)c1ccccc1. The van der Waals surface area contributed by atoms with Crippen molar-refractivity contribution in [3.8, 4) is 0 Å². The summed E-state index contributed by atoms with van der Waals surface area (Å²) in [5.74, 6) is -0.165. The number of nitrogens with two attached hydrogens (primary N) is 2. The van der Waals surface area contributed by atoms with Crippen LogP contribution in [0.25, 0.3) is 0 Å². The van der Waals surface area contributed by atoms with E-state index in [2.05, 4.69) is 6.92 Å². The molecule has 0 atom stereocenters. The Labute approximate surface area is 116 Å². The minimum atomic E-state index is -1.23. The molecule has 3 heteroatoms. The van der Waals surface area contributed by atoms with Gasteiger partial charge in [0.2, 0.25) is 0 Å². The largest absolute Gasteiger partial charge is 0.307 e.